The Morgan fingerprint density at radius 2 is 1.97 bits per heavy atom. The molecule has 0 aliphatic carbocycles. The molecular formula is C24H21F2N3O4. The fourth-order valence-electron chi connectivity index (χ4n) is 5.10. The molecule has 0 saturated carbocycles. The van der Waals surface area contributed by atoms with Crippen molar-refractivity contribution in [3.05, 3.63) is 87.3 Å². The number of aromatic nitrogens is 2. The summed E-state index contributed by atoms with van der Waals surface area (Å²) >= 11 is 0. The predicted octanol–water partition coefficient (Wildman–Crippen LogP) is 3.23. The van der Waals surface area contributed by atoms with Crippen LogP contribution in [0.5, 0.6) is 11.5 Å². The minimum Gasteiger partial charge on any atom is -0.502 e. The largest absolute Gasteiger partial charge is 0.502 e. The van der Waals surface area contributed by atoms with Crippen LogP contribution in [0.3, 0.4) is 0 Å². The van der Waals surface area contributed by atoms with Gasteiger partial charge in [-0.15, -0.1) is 0 Å². The summed E-state index contributed by atoms with van der Waals surface area (Å²) in [5.74, 6) is -3.46. The van der Waals surface area contributed by atoms with E-state index in [9.17, 15) is 19.1 Å². The molecule has 3 aromatic rings. The van der Waals surface area contributed by atoms with Crippen LogP contribution in [-0.2, 0) is 0 Å². The predicted molar refractivity (Wildman–Crippen MR) is 114 cm³/mol. The average Bonchev–Trinajstić information content (AvgIpc) is 3.31. The van der Waals surface area contributed by atoms with Crippen LogP contribution in [0.2, 0.25) is 0 Å². The number of methoxy groups -OCH3 is 1. The normalized spacial score (nSPS) is 20.3. The Kier molecular flexibility index (Phi) is 5.11. The number of halogens is 2. The molecule has 1 unspecified atom stereocenters. The monoisotopic (exact) mass is 453 g/mol. The van der Waals surface area contributed by atoms with Gasteiger partial charge >= 0.3 is 0 Å². The summed E-state index contributed by atoms with van der Waals surface area (Å²) in [6.45, 7) is 0.430. The lowest BCUT2D eigenvalue weighted by Gasteiger charge is -2.42. The lowest BCUT2D eigenvalue weighted by molar-refractivity contribution is 0.0564. The Hall–Kier alpha value is -3.75. The zero-order valence-corrected chi connectivity index (χ0v) is 17.7. The highest BCUT2D eigenvalue weighted by Gasteiger charge is 2.48. The first-order valence-corrected chi connectivity index (χ1v) is 10.6. The topological polar surface area (TPSA) is 84.7 Å². The van der Waals surface area contributed by atoms with Crippen molar-refractivity contribution in [2.24, 2.45) is 0 Å². The molecule has 1 aromatic heterocycles. The van der Waals surface area contributed by atoms with Gasteiger partial charge in [-0.3, -0.25) is 14.3 Å². The molecule has 1 N–H and O–H groups in total. The van der Waals surface area contributed by atoms with Gasteiger partial charge in [0.2, 0.25) is 5.43 Å². The van der Waals surface area contributed by atoms with Crippen molar-refractivity contribution in [2.45, 2.75) is 30.8 Å². The summed E-state index contributed by atoms with van der Waals surface area (Å²) in [7, 11) is 1.51. The van der Waals surface area contributed by atoms with Crippen LogP contribution >= 0.6 is 0 Å². The minimum atomic E-state index is -1.00. The molecule has 0 spiro atoms. The summed E-state index contributed by atoms with van der Waals surface area (Å²) in [4.78, 5) is 26.8. The molecule has 2 aliphatic rings. The van der Waals surface area contributed by atoms with Crippen LogP contribution in [0.4, 0.5) is 8.78 Å². The van der Waals surface area contributed by atoms with Gasteiger partial charge in [0.15, 0.2) is 23.1 Å². The molecule has 1 fully saturated rings. The van der Waals surface area contributed by atoms with Crippen molar-refractivity contribution in [2.75, 3.05) is 13.7 Å². The Morgan fingerprint density at radius 1 is 1.18 bits per heavy atom. The van der Waals surface area contributed by atoms with Gasteiger partial charge in [-0.2, -0.15) is 5.10 Å². The van der Waals surface area contributed by atoms with Crippen molar-refractivity contribution in [1.29, 1.82) is 0 Å². The van der Waals surface area contributed by atoms with Crippen molar-refractivity contribution in [3.8, 4) is 11.5 Å². The molecule has 170 valence electrons. The maximum atomic E-state index is 15.2. The summed E-state index contributed by atoms with van der Waals surface area (Å²) in [6, 6.07) is 9.87. The molecule has 1 saturated heterocycles. The Bertz CT molecular complexity index is 1310. The lowest BCUT2D eigenvalue weighted by atomic mass is 9.79. The highest BCUT2D eigenvalue weighted by molar-refractivity contribution is 5.96. The van der Waals surface area contributed by atoms with E-state index in [1.165, 1.54) is 23.9 Å². The third-order valence-electron chi connectivity index (χ3n) is 6.54. The Labute approximate surface area is 187 Å². The molecule has 5 rings (SSSR count). The summed E-state index contributed by atoms with van der Waals surface area (Å²) in [5, 5.41) is 14.7. The highest BCUT2D eigenvalue weighted by Crippen LogP contribution is 2.46. The number of rotatable bonds is 4. The van der Waals surface area contributed by atoms with E-state index in [0.717, 1.165) is 12.3 Å². The number of hydrogen-bond donors (Lipinski definition) is 1. The van der Waals surface area contributed by atoms with Gasteiger partial charge in [-0.1, -0.05) is 24.3 Å². The van der Waals surface area contributed by atoms with E-state index in [1.807, 2.05) is 0 Å². The molecule has 3 atom stereocenters. The van der Waals surface area contributed by atoms with Gasteiger partial charge in [0.1, 0.15) is 5.75 Å². The van der Waals surface area contributed by atoms with Gasteiger partial charge in [0.25, 0.3) is 5.91 Å². The maximum Gasteiger partial charge on any atom is 0.276 e. The third kappa shape index (κ3) is 3.26. The Balaban J connectivity index is 1.81. The van der Waals surface area contributed by atoms with E-state index in [4.69, 9.17) is 4.74 Å². The molecule has 3 heterocycles. The SMILES string of the molecule is COc1cccc(C(c2cccc(F)c2F)[C@H]2[C@H]3CCCN3C(=O)c3c(O)c(=O)cnn32)c1. The highest BCUT2D eigenvalue weighted by atomic mass is 19.2. The summed E-state index contributed by atoms with van der Waals surface area (Å²) < 4.78 is 36.2. The first kappa shape index (κ1) is 21.1. The Morgan fingerprint density at radius 3 is 2.76 bits per heavy atom. The fraction of sp³-hybridized carbons (Fsp3) is 0.292. The molecular weight excluding hydrogens is 432 g/mol. The van der Waals surface area contributed by atoms with Gasteiger partial charge in [-0.25, -0.2) is 8.78 Å². The second kappa shape index (κ2) is 7.99. The number of amides is 1. The number of ether oxygens (including phenoxy) is 1. The van der Waals surface area contributed by atoms with Crippen LogP contribution in [0.1, 0.15) is 46.4 Å². The van der Waals surface area contributed by atoms with Crippen LogP contribution in [0.25, 0.3) is 0 Å². The zero-order valence-electron chi connectivity index (χ0n) is 17.7. The van der Waals surface area contributed by atoms with Gasteiger partial charge in [-0.05, 0) is 36.6 Å². The number of aromatic hydroxyl groups is 1. The van der Waals surface area contributed by atoms with E-state index in [2.05, 4.69) is 5.10 Å². The molecule has 33 heavy (non-hydrogen) atoms. The molecule has 0 bridgehead atoms. The number of nitrogens with zero attached hydrogens (tertiary/aromatic N) is 3. The fourth-order valence-corrected chi connectivity index (χ4v) is 5.10. The van der Waals surface area contributed by atoms with Gasteiger partial charge < -0.3 is 14.7 Å². The zero-order chi connectivity index (χ0) is 23.3. The van der Waals surface area contributed by atoms with E-state index in [-0.39, 0.29) is 11.3 Å². The molecule has 2 aliphatic heterocycles. The van der Waals surface area contributed by atoms with E-state index in [1.54, 1.807) is 29.2 Å². The van der Waals surface area contributed by atoms with Crippen LogP contribution in [-0.4, -0.2) is 45.4 Å². The second-order valence-electron chi connectivity index (χ2n) is 8.25. The minimum absolute atomic E-state index is 0.0837. The van der Waals surface area contributed by atoms with Crippen LogP contribution in [0.15, 0.2) is 53.5 Å². The maximum absolute atomic E-state index is 15.2. The number of benzene rings is 2. The van der Waals surface area contributed by atoms with Crippen molar-refractivity contribution in [3.63, 3.8) is 0 Å². The first-order chi connectivity index (χ1) is 15.9. The van der Waals surface area contributed by atoms with E-state index in [0.29, 0.717) is 30.7 Å². The first-order valence-electron chi connectivity index (χ1n) is 10.6. The molecule has 0 radical (unpaired) electrons. The number of hydrogen-bond acceptors (Lipinski definition) is 5. The summed E-state index contributed by atoms with van der Waals surface area (Å²) in [5.41, 5.74) is -0.312. The number of carbonyl (C=O) groups is 1. The molecule has 9 heteroatoms. The quantitative estimate of drug-likeness (QED) is 0.656. The van der Waals surface area contributed by atoms with Crippen LogP contribution in [0, 0.1) is 11.6 Å². The van der Waals surface area contributed by atoms with Gasteiger partial charge in [0, 0.05) is 18.0 Å². The second-order valence-corrected chi connectivity index (χ2v) is 8.25. The molecule has 1 amide bonds. The molecule has 7 nitrogen and oxygen atoms in total. The van der Waals surface area contributed by atoms with Crippen molar-refractivity contribution < 1.29 is 23.4 Å². The number of fused-ring (bicyclic) bond motifs is 2. The van der Waals surface area contributed by atoms with Crippen LogP contribution < -0.4 is 10.2 Å². The standard InChI is InChI=1S/C24H21F2N3O4/c1-33-14-6-2-5-13(11-14)19(15-7-3-8-16(25)20(15)26)21-17-9-4-10-28(17)24(32)22-23(31)18(30)12-27-29(21)22/h2-3,5-8,11-12,17,19,21,31H,4,9-10H2,1H3/t17-,19?,21-/m1/s1. The van der Waals surface area contributed by atoms with Crippen molar-refractivity contribution in [1.82, 2.24) is 14.7 Å². The third-order valence-corrected chi connectivity index (χ3v) is 6.54. The van der Waals surface area contributed by atoms with E-state index < -0.39 is 46.7 Å². The van der Waals surface area contributed by atoms with Crippen molar-refractivity contribution >= 4 is 5.91 Å². The average molecular weight is 453 g/mol. The van der Waals surface area contributed by atoms with E-state index >= 15 is 4.39 Å². The number of carbonyl (C=O) groups excluding carboxylic acids is 1. The van der Waals surface area contributed by atoms with Gasteiger partial charge in [0.05, 0.1) is 25.4 Å². The summed E-state index contributed by atoms with van der Waals surface area (Å²) in [6.07, 6.45) is 2.25. The smallest absolute Gasteiger partial charge is 0.276 e. The lowest BCUT2D eigenvalue weighted by Crippen LogP contribution is -2.51. The molecule has 2 aromatic carbocycles.